The van der Waals surface area contributed by atoms with Crippen LogP contribution in [0.15, 0.2) is 29.3 Å². The van der Waals surface area contributed by atoms with E-state index in [1.54, 1.807) is 22.6 Å². The number of hydrogen-bond donors (Lipinski definition) is 1. The quantitative estimate of drug-likeness (QED) is 0.869. The summed E-state index contributed by atoms with van der Waals surface area (Å²) in [5, 5.41) is 8.61. The van der Waals surface area contributed by atoms with E-state index in [1.165, 1.54) is 0 Å². The normalized spacial score (nSPS) is 23.3. The summed E-state index contributed by atoms with van der Waals surface area (Å²) in [5.74, 6) is 0. The average Bonchev–Trinajstić information content (AvgIpc) is 3.29. The van der Waals surface area contributed by atoms with Crippen LogP contribution in [0.1, 0.15) is 26.3 Å². The molecule has 2 aliphatic rings. The molecule has 1 unspecified atom stereocenters. The second-order valence-electron chi connectivity index (χ2n) is 7.50. The van der Waals surface area contributed by atoms with Crippen molar-refractivity contribution in [2.45, 2.75) is 37.2 Å². The Morgan fingerprint density at radius 2 is 1.96 bits per heavy atom. The Labute approximate surface area is 155 Å². The molecule has 26 heavy (non-hydrogen) atoms. The zero-order valence-electron chi connectivity index (χ0n) is 15.4. The lowest BCUT2D eigenvalue weighted by atomic mass is 10.2. The molecule has 2 fully saturated rings. The molecule has 0 saturated carbocycles. The highest BCUT2D eigenvalue weighted by Crippen LogP contribution is 2.27. The van der Waals surface area contributed by atoms with Crippen LogP contribution in [0.4, 0.5) is 0 Å². The van der Waals surface area contributed by atoms with Gasteiger partial charge in [-0.2, -0.15) is 9.40 Å². The third-order valence-corrected chi connectivity index (χ3v) is 7.35. The molecular formula is C18H27N5O2S. The van der Waals surface area contributed by atoms with Crippen molar-refractivity contribution in [2.24, 2.45) is 0 Å². The highest BCUT2D eigenvalue weighted by Gasteiger charge is 2.35. The van der Waals surface area contributed by atoms with Gasteiger partial charge in [-0.1, -0.05) is 0 Å². The van der Waals surface area contributed by atoms with E-state index in [0.29, 0.717) is 24.0 Å². The minimum absolute atomic E-state index is 0.244. The molecule has 2 aliphatic heterocycles. The monoisotopic (exact) mass is 377 g/mol. The second kappa shape index (κ2) is 6.92. The standard InChI is InChI=1S/C18H27N5O2S/c1-14(2)23-18-4-3-17(11-15(18)12-20-23)26(24,25)22-8-5-16(13-22)21-9-6-19-7-10-21/h3-4,11-12,14,16,19H,5-10,13H2,1-2H3. The Morgan fingerprint density at radius 3 is 2.69 bits per heavy atom. The zero-order valence-corrected chi connectivity index (χ0v) is 16.2. The van der Waals surface area contributed by atoms with Gasteiger partial charge in [-0.25, -0.2) is 8.42 Å². The third-order valence-electron chi connectivity index (χ3n) is 5.49. The predicted molar refractivity (Wildman–Crippen MR) is 102 cm³/mol. The van der Waals surface area contributed by atoms with Crippen LogP contribution in [0.3, 0.4) is 0 Å². The summed E-state index contributed by atoms with van der Waals surface area (Å²) in [4.78, 5) is 2.79. The summed E-state index contributed by atoms with van der Waals surface area (Å²) < 4.78 is 29.8. The van der Waals surface area contributed by atoms with E-state index in [0.717, 1.165) is 43.5 Å². The first-order chi connectivity index (χ1) is 12.5. The number of sulfonamides is 1. The first-order valence-corrected chi connectivity index (χ1v) is 10.8. The van der Waals surface area contributed by atoms with Gasteiger partial charge in [-0.15, -0.1) is 0 Å². The van der Waals surface area contributed by atoms with Crippen molar-refractivity contribution < 1.29 is 8.42 Å². The summed E-state index contributed by atoms with van der Waals surface area (Å²) in [6.45, 7) is 9.29. The van der Waals surface area contributed by atoms with Gasteiger partial charge in [-0.3, -0.25) is 9.58 Å². The number of benzene rings is 1. The Balaban J connectivity index is 1.56. The van der Waals surface area contributed by atoms with E-state index in [1.807, 2.05) is 10.7 Å². The maximum absolute atomic E-state index is 13.1. The van der Waals surface area contributed by atoms with E-state index in [4.69, 9.17) is 0 Å². The van der Waals surface area contributed by atoms with Crippen molar-refractivity contribution in [3.8, 4) is 0 Å². The lowest BCUT2D eigenvalue weighted by Crippen LogP contribution is -2.49. The van der Waals surface area contributed by atoms with Gasteiger partial charge in [0.1, 0.15) is 0 Å². The van der Waals surface area contributed by atoms with E-state index >= 15 is 0 Å². The van der Waals surface area contributed by atoms with Crippen LogP contribution < -0.4 is 5.32 Å². The van der Waals surface area contributed by atoms with Crippen LogP contribution in [0.2, 0.25) is 0 Å². The van der Waals surface area contributed by atoms with Gasteiger partial charge in [0.2, 0.25) is 10.0 Å². The van der Waals surface area contributed by atoms with Crippen molar-refractivity contribution in [1.82, 2.24) is 24.3 Å². The predicted octanol–water partition coefficient (Wildman–Crippen LogP) is 1.29. The summed E-state index contributed by atoms with van der Waals surface area (Å²) in [6.07, 6.45) is 2.66. The van der Waals surface area contributed by atoms with Crippen LogP contribution in [0, 0.1) is 0 Å². The van der Waals surface area contributed by atoms with E-state index in [9.17, 15) is 8.42 Å². The molecule has 4 rings (SSSR count). The molecule has 0 amide bonds. The first-order valence-electron chi connectivity index (χ1n) is 9.39. The lowest BCUT2D eigenvalue weighted by molar-refractivity contribution is 0.179. The Morgan fingerprint density at radius 1 is 1.19 bits per heavy atom. The summed E-state index contributed by atoms with van der Waals surface area (Å²) in [5.41, 5.74) is 0.971. The number of nitrogens with one attached hydrogen (secondary N) is 1. The minimum atomic E-state index is -3.46. The van der Waals surface area contributed by atoms with E-state index in [2.05, 4.69) is 29.2 Å². The number of nitrogens with zero attached hydrogens (tertiary/aromatic N) is 4. The fraction of sp³-hybridized carbons (Fsp3) is 0.611. The molecule has 1 aromatic heterocycles. The number of hydrogen-bond acceptors (Lipinski definition) is 5. The SMILES string of the molecule is CC(C)n1ncc2cc(S(=O)(=O)N3CCC(N4CCNCC4)C3)ccc21. The van der Waals surface area contributed by atoms with Crippen LogP contribution in [0.25, 0.3) is 10.9 Å². The van der Waals surface area contributed by atoms with E-state index < -0.39 is 10.0 Å². The maximum atomic E-state index is 13.1. The zero-order chi connectivity index (χ0) is 18.3. The molecule has 0 spiro atoms. The van der Waals surface area contributed by atoms with Crippen LogP contribution in [-0.2, 0) is 10.0 Å². The van der Waals surface area contributed by atoms with Gasteiger partial charge in [0.25, 0.3) is 0 Å². The average molecular weight is 378 g/mol. The van der Waals surface area contributed by atoms with Gasteiger partial charge >= 0.3 is 0 Å². The molecule has 1 N–H and O–H groups in total. The molecule has 2 aromatic rings. The van der Waals surface area contributed by atoms with Crippen molar-refractivity contribution >= 4 is 20.9 Å². The van der Waals surface area contributed by atoms with Gasteiger partial charge in [0.05, 0.1) is 16.6 Å². The molecule has 7 nitrogen and oxygen atoms in total. The highest BCUT2D eigenvalue weighted by molar-refractivity contribution is 7.89. The second-order valence-corrected chi connectivity index (χ2v) is 9.43. The molecule has 142 valence electrons. The van der Waals surface area contributed by atoms with Crippen LogP contribution >= 0.6 is 0 Å². The van der Waals surface area contributed by atoms with Crippen LogP contribution in [0.5, 0.6) is 0 Å². The van der Waals surface area contributed by atoms with Gasteiger partial charge in [0, 0.05) is 56.7 Å². The van der Waals surface area contributed by atoms with Crippen LogP contribution in [-0.4, -0.2) is 72.7 Å². The number of rotatable bonds is 4. The summed E-state index contributed by atoms with van der Waals surface area (Å²) in [7, 11) is -3.46. The molecule has 3 heterocycles. The molecule has 8 heteroatoms. The lowest BCUT2D eigenvalue weighted by Gasteiger charge is -2.32. The van der Waals surface area contributed by atoms with Crippen molar-refractivity contribution in [3.05, 3.63) is 24.4 Å². The largest absolute Gasteiger partial charge is 0.314 e. The summed E-state index contributed by atoms with van der Waals surface area (Å²) >= 11 is 0. The van der Waals surface area contributed by atoms with Crippen molar-refractivity contribution in [3.63, 3.8) is 0 Å². The molecule has 2 saturated heterocycles. The number of fused-ring (bicyclic) bond motifs is 1. The van der Waals surface area contributed by atoms with Crippen molar-refractivity contribution in [2.75, 3.05) is 39.3 Å². The molecule has 0 bridgehead atoms. The highest BCUT2D eigenvalue weighted by atomic mass is 32.2. The minimum Gasteiger partial charge on any atom is -0.314 e. The van der Waals surface area contributed by atoms with Gasteiger partial charge < -0.3 is 5.32 Å². The van der Waals surface area contributed by atoms with Gasteiger partial charge in [-0.05, 0) is 38.5 Å². The Kier molecular flexibility index (Phi) is 4.77. The number of piperazine rings is 1. The fourth-order valence-corrected chi connectivity index (χ4v) is 5.55. The molecule has 1 atom stereocenters. The molecular weight excluding hydrogens is 350 g/mol. The number of aromatic nitrogens is 2. The molecule has 0 aliphatic carbocycles. The Bertz CT molecular complexity index is 886. The summed E-state index contributed by atoms with van der Waals surface area (Å²) in [6, 6.07) is 5.93. The fourth-order valence-electron chi connectivity index (χ4n) is 4.03. The Hall–Kier alpha value is -1.48. The maximum Gasteiger partial charge on any atom is 0.243 e. The molecule has 0 radical (unpaired) electrons. The van der Waals surface area contributed by atoms with Gasteiger partial charge in [0.15, 0.2) is 0 Å². The molecule has 1 aromatic carbocycles. The third kappa shape index (κ3) is 3.15. The van der Waals surface area contributed by atoms with E-state index in [-0.39, 0.29) is 6.04 Å². The first kappa shape index (κ1) is 17.9. The smallest absolute Gasteiger partial charge is 0.243 e. The van der Waals surface area contributed by atoms with Crippen molar-refractivity contribution in [1.29, 1.82) is 0 Å². The topological polar surface area (TPSA) is 70.5 Å².